The van der Waals surface area contributed by atoms with Crippen LogP contribution < -0.4 is 10.9 Å². The summed E-state index contributed by atoms with van der Waals surface area (Å²) < 4.78 is 7.22. The number of ether oxygens (including phenoxy) is 1. The molecule has 3 rings (SSSR count). The summed E-state index contributed by atoms with van der Waals surface area (Å²) in [5, 5.41) is 3.26. The van der Waals surface area contributed by atoms with Gasteiger partial charge in [-0.3, -0.25) is 4.79 Å². The fraction of sp³-hybridized carbons (Fsp3) is 0.692. The maximum Gasteiger partial charge on any atom is 0.293 e. The van der Waals surface area contributed by atoms with Crippen molar-refractivity contribution >= 4 is 5.82 Å². The summed E-state index contributed by atoms with van der Waals surface area (Å²) in [6.45, 7) is 0. The van der Waals surface area contributed by atoms with Gasteiger partial charge in [0, 0.05) is 25.5 Å². The van der Waals surface area contributed by atoms with Gasteiger partial charge in [-0.05, 0) is 32.1 Å². The van der Waals surface area contributed by atoms with E-state index in [2.05, 4.69) is 10.3 Å². The van der Waals surface area contributed by atoms with Gasteiger partial charge in [-0.1, -0.05) is 0 Å². The molecule has 98 valence electrons. The third-order valence-corrected chi connectivity index (χ3v) is 3.89. The molecule has 0 bridgehead atoms. The number of nitrogens with zero attached hydrogens (tertiary/aromatic N) is 2. The van der Waals surface area contributed by atoms with Gasteiger partial charge in [0.15, 0.2) is 5.82 Å². The minimum Gasteiger partial charge on any atom is -0.379 e. The van der Waals surface area contributed by atoms with Gasteiger partial charge in [0.25, 0.3) is 5.56 Å². The van der Waals surface area contributed by atoms with Gasteiger partial charge in [-0.25, -0.2) is 4.98 Å². The highest BCUT2D eigenvalue weighted by molar-refractivity contribution is 5.33. The van der Waals surface area contributed by atoms with Crippen molar-refractivity contribution in [2.75, 3.05) is 12.4 Å². The van der Waals surface area contributed by atoms with Crippen LogP contribution >= 0.6 is 0 Å². The van der Waals surface area contributed by atoms with Crippen LogP contribution in [0.4, 0.5) is 5.82 Å². The van der Waals surface area contributed by atoms with Crippen LogP contribution in [0.25, 0.3) is 0 Å². The minimum atomic E-state index is 0.00162. The first-order valence-electron chi connectivity index (χ1n) is 6.66. The smallest absolute Gasteiger partial charge is 0.293 e. The van der Waals surface area contributed by atoms with E-state index in [4.69, 9.17) is 4.74 Å². The van der Waals surface area contributed by atoms with E-state index in [-0.39, 0.29) is 17.7 Å². The van der Waals surface area contributed by atoms with Crippen LogP contribution in [-0.4, -0.2) is 28.8 Å². The van der Waals surface area contributed by atoms with Gasteiger partial charge in [-0.2, -0.15) is 0 Å². The Labute approximate surface area is 106 Å². The molecule has 5 nitrogen and oxygen atoms in total. The molecule has 0 aliphatic heterocycles. The summed E-state index contributed by atoms with van der Waals surface area (Å²) in [5.41, 5.74) is 0.00162. The minimum absolute atomic E-state index is 0.00162. The van der Waals surface area contributed by atoms with Crippen LogP contribution in [0.5, 0.6) is 0 Å². The fourth-order valence-corrected chi connectivity index (χ4v) is 2.71. The molecule has 1 aromatic heterocycles. The number of nitrogens with one attached hydrogen (secondary N) is 1. The third kappa shape index (κ3) is 2.14. The Morgan fingerprint density at radius 1 is 1.39 bits per heavy atom. The Morgan fingerprint density at radius 2 is 2.22 bits per heavy atom. The van der Waals surface area contributed by atoms with Gasteiger partial charge in [0.2, 0.25) is 0 Å². The quantitative estimate of drug-likeness (QED) is 0.879. The average molecular weight is 249 g/mol. The molecule has 2 aliphatic carbocycles. The van der Waals surface area contributed by atoms with Gasteiger partial charge in [0.05, 0.1) is 12.1 Å². The number of anilines is 1. The summed E-state index contributed by atoms with van der Waals surface area (Å²) in [6, 6.07) is 0.605. The van der Waals surface area contributed by atoms with Crippen molar-refractivity contribution in [2.45, 2.75) is 50.3 Å². The second-order valence-electron chi connectivity index (χ2n) is 5.18. The zero-order valence-corrected chi connectivity index (χ0v) is 10.6. The monoisotopic (exact) mass is 249 g/mol. The lowest BCUT2D eigenvalue weighted by Gasteiger charge is -2.20. The van der Waals surface area contributed by atoms with Crippen LogP contribution in [0.2, 0.25) is 0 Å². The standard InChI is InChI=1S/C13H19N3O2/c1-18-11-4-2-3-10(11)15-12-13(17)16(8-7-14-12)9-5-6-9/h7-11H,2-6H2,1H3,(H,14,15). The molecule has 18 heavy (non-hydrogen) atoms. The lowest BCUT2D eigenvalue weighted by molar-refractivity contribution is 0.101. The molecule has 1 heterocycles. The van der Waals surface area contributed by atoms with Crippen molar-refractivity contribution in [3.8, 4) is 0 Å². The number of rotatable bonds is 4. The molecule has 0 radical (unpaired) electrons. The SMILES string of the molecule is COC1CCCC1Nc1nccn(C2CC2)c1=O. The predicted molar refractivity (Wildman–Crippen MR) is 68.8 cm³/mol. The number of hydrogen-bond acceptors (Lipinski definition) is 4. The van der Waals surface area contributed by atoms with E-state index in [0.717, 1.165) is 32.1 Å². The largest absolute Gasteiger partial charge is 0.379 e. The van der Waals surface area contributed by atoms with Crippen molar-refractivity contribution in [3.05, 3.63) is 22.7 Å². The molecule has 1 N–H and O–H groups in total. The van der Waals surface area contributed by atoms with Crippen LogP contribution in [0.15, 0.2) is 17.2 Å². The molecule has 0 saturated heterocycles. The molecule has 2 fully saturated rings. The molecule has 0 amide bonds. The maximum atomic E-state index is 12.2. The second kappa shape index (κ2) is 4.72. The van der Waals surface area contributed by atoms with E-state index in [1.807, 2.05) is 0 Å². The van der Waals surface area contributed by atoms with Crippen molar-refractivity contribution in [3.63, 3.8) is 0 Å². The lowest BCUT2D eigenvalue weighted by atomic mass is 10.2. The molecular formula is C13H19N3O2. The Bertz CT molecular complexity index is 481. The van der Waals surface area contributed by atoms with E-state index in [1.165, 1.54) is 0 Å². The normalized spacial score (nSPS) is 27.4. The van der Waals surface area contributed by atoms with Crippen molar-refractivity contribution in [1.29, 1.82) is 0 Å². The predicted octanol–water partition coefficient (Wildman–Crippen LogP) is 1.56. The molecule has 5 heteroatoms. The van der Waals surface area contributed by atoms with E-state index >= 15 is 0 Å². The van der Waals surface area contributed by atoms with Crippen LogP contribution in [0, 0.1) is 0 Å². The highest BCUT2D eigenvalue weighted by Crippen LogP contribution is 2.33. The molecule has 1 aromatic rings. The molecule has 0 spiro atoms. The number of aromatic nitrogens is 2. The van der Waals surface area contributed by atoms with Gasteiger partial charge in [-0.15, -0.1) is 0 Å². The summed E-state index contributed by atoms with van der Waals surface area (Å²) >= 11 is 0. The van der Waals surface area contributed by atoms with Gasteiger partial charge < -0.3 is 14.6 Å². The zero-order valence-electron chi connectivity index (χ0n) is 10.6. The first-order chi connectivity index (χ1) is 8.79. The van der Waals surface area contributed by atoms with Crippen LogP contribution in [0.1, 0.15) is 38.1 Å². The molecule has 2 unspecified atom stereocenters. The van der Waals surface area contributed by atoms with Crippen molar-refractivity contribution < 1.29 is 4.74 Å². The number of hydrogen-bond donors (Lipinski definition) is 1. The molecular weight excluding hydrogens is 230 g/mol. The van der Waals surface area contributed by atoms with Crippen LogP contribution in [-0.2, 0) is 4.74 Å². The van der Waals surface area contributed by atoms with E-state index in [0.29, 0.717) is 11.9 Å². The third-order valence-electron chi connectivity index (χ3n) is 3.89. The second-order valence-corrected chi connectivity index (χ2v) is 5.18. The Kier molecular flexibility index (Phi) is 3.07. The molecule has 0 aromatic carbocycles. The van der Waals surface area contributed by atoms with Gasteiger partial charge in [0.1, 0.15) is 0 Å². The number of methoxy groups -OCH3 is 1. The van der Waals surface area contributed by atoms with E-state index < -0.39 is 0 Å². The fourth-order valence-electron chi connectivity index (χ4n) is 2.71. The molecule has 2 atom stereocenters. The lowest BCUT2D eigenvalue weighted by Crippen LogP contribution is -2.34. The molecule has 2 aliphatic rings. The van der Waals surface area contributed by atoms with Crippen molar-refractivity contribution in [2.24, 2.45) is 0 Å². The first-order valence-corrected chi connectivity index (χ1v) is 6.66. The Morgan fingerprint density at radius 3 is 2.94 bits per heavy atom. The highest BCUT2D eigenvalue weighted by atomic mass is 16.5. The first kappa shape index (κ1) is 11.7. The van der Waals surface area contributed by atoms with Crippen molar-refractivity contribution in [1.82, 2.24) is 9.55 Å². The van der Waals surface area contributed by atoms with E-state index in [1.54, 1.807) is 24.1 Å². The Balaban J connectivity index is 1.80. The Hall–Kier alpha value is -1.36. The average Bonchev–Trinajstić information content (AvgIpc) is 3.12. The van der Waals surface area contributed by atoms with E-state index in [9.17, 15) is 4.79 Å². The topological polar surface area (TPSA) is 56.1 Å². The zero-order chi connectivity index (χ0) is 12.5. The van der Waals surface area contributed by atoms with Gasteiger partial charge >= 0.3 is 0 Å². The molecule has 2 saturated carbocycles. The maximum absolute atomic E-state index is 12.2. The highest BCUT2D eigenvalue weighted by Gasteiger charge is 2.29. The summed E-state index contributed by atoms with van der Waals surface area (Å²) in [5.74, 6) is 0.471. The summed E-state index contributed by atoms with van der Waals surface area (Å²) in [6.07, 6.45) is 9.13. The summed E-state index contributed by atoms with van der Waals surface area (Å²) in [4.78, 5) is 16.4. The summed E-state index contributed by atoms with van der Waals surface area (Å²) in [7, 11) is 1.73. The van der Waals surface area contributed by atoms with Crippen LogP contribution in [0.3, 0.4) is 0 Å².